The second-order valence-corrected chi connectivity index (χ2v) is 11.5. The van der Waals surface area contributed by atoms with Crippen molar-refractivity contribution >= 4 is 34.9 Å². The van der Waals surface area contributed by atoms with Gasteiger partial charge < -0.3 is 13.8 Å². The first-order valence-corrected chi connectivity index (χ1v) is 12.4. The Morgan fingerprint density at radius 3 is 2.33 bits per heavy atom. The molecule has 1 unspecified atom stereocenters. The average molecular weight is 391 g/mol. The van der Waals surface area contributed by atoms with E-state index in [0.717, 1.165) is 18.4 Å². The van der Waals surface area contributed by atoms with E-state index in [1.165, 1.54) is 11.4 Å². The van der Waals surface area contributed by atoms with Crippen LogP contribution in [0.15, 0.2) is 30.3 Å². The predicted octanol–water partition coefficient (Wildman–Crippen LogP) is 4.97. The Kier molecular flexibility index (Phi) is 10.9. The molecule has 0 amide bonds. The highest BCUT2D eigenvalue weighted by Gasteiger charge is 2.31. The first-order valence-electron chi connectivity index (χ1n) is 8.32. The molecule has 0 spiro atoms. The van der Waals surface area contributed by atoms with Crippen LogP contribution in [-0.2, 0) is 36.8 Å². The van der Waals surface area contributed by atoms with Gasteiger partial charge in [-0.15, -0.1) is 0 Å². The van der Waals surface area contributed by atoms with Crippen LogP contribution in [0.5, 0.6) is 0 Å². The van der Waals surface area contributed by atoms with Gasteiger partial charge in [0, 0.05) is 0 Å². The van der Waals surface area contributed by atoms with Gasteiger partial charge in [0.05, 0.1) is 19.8 Å². The van der Waals surface area contributed by atoms with E-state index in [1.807, 2.05) is 44.2 Å². The lowest BCUT2D eigenvalue weighted by atomic mass is 10.1. The molecule has 0 heterocycles. The molecule has 1 aromatic carbocycles. The maximum atomic E-state index is 12.5. The van der Waals surface area contributed by atoms with Crippen LogP contribution >= 0.6 is 17.1 Å². The van der Waals surface area contributed by atoms with Crippen LogP contribution in [0, 0.1) is 0 Å². The summed E-state index contributed by atoms with van der Waals surface area (Å²) in [4.78, 5) is 12.5. The van der Waals surface area contributed by atoms with Crippen molar-refractivity contribution in [3.8, 4) is 0 Å². The Bertz CT molecular complexity index is 515. The number of hydrogen-bond donors (Lipinski definition) is 0. The van der Waals surface area contributed by atoms with Gasteiger partial charge in [-0.2, -0.15) is 0 Å². The molecule has 24 heavy (non-hydrogen) atoms. The van der Waals surface area contributed by atoms with Crippen molar-refractivity contribution in [3.05, 3.63) is 35.9 Å². The van der Waals surface area contributed by atoms with Crippen LogP contribution in [0.25, 0.3) is 0 Å². The molecular formula is C17H27O4PS2. The van der Waals surface area contributed by atoms with E-state index < -0.39 is 10.9 Å². The number of carbonyl (C=O) groups excluding carboxylic acids is 1. The van der Waals surface area contributed by atoms with Crippen molar-refractivity contribution in [1.29, 1.82) is 0 Å². The Balaban J connectivity index is 2.86. The second kappa shape index (κ2) is 12.0. The zero-order valence-electron chi connectivity index (χ0n) is 14.6. The fraction of sp³-hybridized carbons (Fsp3) is 0.588. The lowest BCUT2D eigenvalue weighted by Crippen LogP contribution is -2.23. The van der Waals surface area contributed by atoms with Crippen LogP contribution < -0.4 is 0 Å². The topological polar surface area (TPSA) is 44.8 Å². The van der Waals surface area contributed by atoms with Crippen LogP contribution in [0.2, 0.25) is 0 Å². The SMILES string of the molecule is CCCCOC(=O)C(Cc1ccccc1)SP(=S)(OCC)OCC. The maximum Gasteiger partial charge on any atom is 0.319 e. The summed E-state index contributed by atoms with van der Waals surface area (Å²) in [5, 5.41) is -0.423. The Morgan fingerprint density at radius 2 is 1.79 bits per heavy atom. The van der Waals surface area contributed by atoms with E-state index in [4.69, 9.17) is 25.6 Å². The van der Waals surface area contributed by atoms with E-state index in [0.29, 0.717) is 26.2 Å². The Morgan fingerprint density at radius 1 is 1.17 bits per heavy atom. The standard InChI is InChI=1S/C17H27O4PS2/c1-4-7-13-19-17(18)16(14-15-11-9-8-10-12-15)24-22(23,20-5-2)21-6-3/h8-12,16H,4-7,13-14H2,1-3H3. The molecule has 0 aliphatic carbocycles. The number of carbonyl (C=O) groups is 1. The molecule has 0 radical (unpaired) electrons. The minimum absolute atomic E-state index is 0.245. The quantitative estimate of drug-likeness (QED) is 0.285. The molecule has 0 aliphatic heterocycles. The molecule has 1 atom stereocenters. The lowest BCUT2D eigenvalue weighted by molar-refractivity contribution is -0.143. The third-order valence-electron chi connectivity index (χ3n) is 3.10. The molecule has 0 fully saturated rings. The molecule has 136 valence electrons. The number of ether oxygens (including phenoxy) is 1. The van der Waals surface area contributed by atoms with Crippen molar-refractivity contribution in [2.24, 2.45) is 0 Å². The predicted molar refractivity (Wildman–Crippen MR) is 105 cm³/mol. The van der Waals surface area contributed by atoms with Gasteiger partial charge in [0.2, 0.25) is 5.69 Å². The largest absolute Gasteiger partial charge is 0.465 e. The monoisotopic (exact) mass is 390 g/mol. The molecule has 0 bridgehead atoms. The normalized spacial score (nSPS) is 12.8. The summed E-state index contributed by atoms with van der Waals surface area (Å²) < 4.78 is 16.8. The Hall–Kier alpha value is -0.390. The fourth-order valence-electron chi connectivity index (χ4n) is 1.97. The van der Waals surface area contributed by atoms with Gasteiger partial charge in [0.25, 0.3) is 0 Å². The van der Waals surface area contributed by atoms with Gasteiger partial charge in [-0.25, -0.2) is 0 Å². The number of benzene rings is 1. The first-order chi connectivity index (χ1) is 11.5. The number of hydrogen-bond acceptors (Lipinski definition) is 6. The zero-order valence-corrected chi connectivity index (χ0v) is 17.1. The molecule has 0 saturated carbocycles. The van der Waals surface area contributed by atoms with Crippen LogP contribution in [0.1, 0.15) is 39.2 Å². The van der Waals surface area contributed by atoms with Crippen molar-refractivity contribution in [1.82, 2.24) is 0 Å². The summed E-state index contributed by atoms with van der Waals surface area (Å²) in [7, 11) is 0. The molecule has 0 aromatic heterocycles. The zero-order chi connectivity index (χ0) is 17.8. The number of esters is 1. The van der Waals surface area contributed by atoms with Gasteiger partial charge in [-0.1, -0.05) is 55.1 Å². The molecule has 0 saturated heterocycles. The molecule has 7 heteroatoms. The van der Waals surface area contributed by atoms with E-state index in [1.54, 1.807) is 0 Å². The van der Waals surface area contributed by atoms with E-state index in [9.17, 15) is 4.79 Å². The molecule has 0 aliphatic rings. The van der Waals surface area contributed by atoms with Gasteiger partial charge in [-0.05, 0) is 44.1 Å². The van der Waals surface area contributed by atoms with Crippen LogP contribution in [0.3, 0.4) is 0 Å². The van der Waals surface area contributed by atoms with E-state index in [2.05, 4.69) is 6.92 Å². The minimum atomic E-state index is -2.56. The molecular weight excluding hydrogens is 363 g/mol. The highest BCUT2D eigenvalue weighted by Crippen LogP contribution is 2.63. The smallest absolute Gasteiger partial charge is 0.319 e. The highest BCUT2D eigenvalue weighted by molar-refractivity contribution is 8.68. The van der Waals surface area contributed by atoms with Crippen LogP contribution in [-0.4, -0.2) is 31.0 Å². The van der Waals surface area contributed by atoms with Crippen molar-refractivity contribution in [2.75, 3.05) is 19.8 Å². The molecule has 4 nitrogen and oxygen atoms in total. The maximum absolute atomic E-state index is 12.5. The third-order valence-corrected chi connectivity index (χ3v) is 8.70. The van der Waals surface area contributed by atoms with Crippen molar-refractivity contribution in [2.45, 2.75) is 45.3 Å². The number of unbranched alkanes of at least 4 members (excludes halogenated alkanes) is 1. The summed E-state index contributed by atoms with van der Waals surface area (Å²) in [5.41, 5.74) is -1.49. The molecule has 0 N–H and O–H groups in total. The van der Waals surface area contributed by atoms with Crippen molar-refractivity contribution < 1.29 is 18.6 Å². The third kappa shape index (κ3) is 8.13. The summed E-state index contributed by atoms with van der Waals surface area (Å²) in [6.07, 6.45) is 2.40. The van der Waals surface area contributed by atoms with Crippen molar-refractivity contribution in [3.63, 3.8) is 0 Å². The lowest BCUT2D eigenvalue weighted by Gasteiger charge is -2.24. The van der Waals surface area contributed by atoms with Gasteiger partial charge in [0.1, 0.15) is 5.25 Å². The van der Waals surface area contributed by atoms with E-state index >= 15 is 0 Å². The molecule has 1 rings (SSSR count). The highest BCUT2D eigenvalue weighted by atomic mass is 32.9. The Labute approximate surface area is 154 Å². The average Bonchev–Trinajstić information content (AvgIpc) is 2.55. The summed E-state index contributed by atoms with van der Waals surface area (Å²) in [6, 6.07) is 9.87. The second-order valence-electron chi connectivity index (χ2n) is 5.09. The van der Waals surface area contributed by atoms with E-state index in [-0.39, 0.29) is 5.97 Å². The summed E-state index contributed by atoms with van der Waals surface area (Å²) in [5.74, 6) is -0.245. The number of rotatable bonds is 12. The minimum Gasteiger partial charge on any atom is -0.465 e. The van der Waals surface area contributed by atoms with Gasteiger partial charge in [0.15, 0.2) is 0 Å². The fourth-order valence-corrected chi connectivity index (χ4v) is 7.52. The first kappa shape index (κ1) is 21.7. The van der Waals surface area contributed by atoms with Gasteiger partial charge >= 0.3 is 5.97 Å². The van der Waals surface area contributed by atoms with Crippen LogP contribution in [0.4, 0.5) is 0 Å². The molecule has 1 aromatic rings. The summed E-state index contributed by atoms with van der Waals surface area (Å²) in [6.45, 7) is 7.20. The van der Waals surface area contributed by atoms with Gasteiger partial charge in [-0.3, -0.25) is 4.79 Å². The summed E-state index contributed by atoms with van der Waals surface area (Å²) >= 11 is 6.88.